The normalized spacial score (nSPS) is 39.8. The van der Waals surface area contributed by atoms with Crippen molar-refractivity contribution in [1.82, 2.24) is 0 Å². The predicted molar refractivity (Wildman–Crippen MR) is 16.5 cm³/mol. The number of epoxide rings is 1. The van der Waals surface area contributed by atoms with Gasteiger partial charge in [0.25, 0.3) is 0 Å². The standard InChI is InChI=1S/C3H6O.H/c1-3-2-4-3;/h3H,2H2,1H3;/q;-1/i;1+1. The molecule has 0 saturated carbocycles. The number of hydrogen-bond acceptors (Lipinski definition) is 1. The molecule has 1 aliphatic rings. The Kier molecular flexibility index (Phi) is 0.256. The van der Waals surface area contributed by atoms with Crippen molar-refractivity contribution in [1.29, 1.82) is 0 Å². The molecule has 1 heterocycles. The van der Waals surface area contributed by atoms with Crippen LogP contribution in [-0.2, 0) is 4.74 Å². The van der Waals surface area contributed by atoms with Crippen LogP contribution in [0.5, 0.6) is 0 Å². The number of hydrogen-bond donors (Lipinski definition) is 0. The average Bonchev–Trinajstić information content (AvgIpc) is 1.75. The van der Waals surface area contributed by atoms with Crippen molar-refractivity contribution in [2.45, 2.75) is 13.0 Å². The Hall–Kier alpha value is -0.0400. The summed E-state index contributed by atoms with van der Waals surface area (Å²) in [5.74, 6) is 0. The predicted octanol–water partition coefficient (Wildman–Crippen LogP) is 0.518. The fourth-order valence-electron chi connectivity index (χ4n) is 0.0962. The third kappa shape index (κ3) is 0.206. The summed E-state index contributed by atoms with van der Waals surface area (Å²) in [7, 11) is 0. The van der Waals surface area contributed by atoms with E-state index in [9.17, 15) is 0 Å². The van der Waals surface area contributed by atoms with Crippen LogP contribution >= 0.6 is 0 Å². The van der Waals surface area contributed by atoms with E-state index in [0.29, 0.717) is 6.10 Å². The molecule has 0 aliphatic carbocycles. The van der Waals surface area contributed by atoms with Crippen LogP contribution in [0.3, 0.4) is 0 Å². The van der Waals surface area contributed by atoms with Gasteiger partial charge >= 0.3 is 0 Å². The first kappa shape index (κ1) is 2.21. The van der Waals surface area contributed by atoms with Gasteiger partial charge in [-0.05, 0) is 6.92 Å². The lowest BCUT2D eigenvalue weighted by molar-refractivity contribution is 0.423. The molecule has 1 fully saturated rings. The maximum absolute atomic E-state index is 4.71. The molecule has 0 amide bonds. The average molecular weight is 60.1 g/mol. The van der Waals surface area contributed by atoms with E-state index in [0.717, 1.165) is 6.61 Å². The minimum atomic E-state index is 0. The highest BCUT2D eigenvalue weighted by molar-refractivity contribution is 4.58. The lowest BCUT2D eigenvalue weighted by atomic mass is 10.6. The second-order valence-corrected chi connectivity index (χ2v) is 1.14. The smallest absolute Gasteiger partial charge is 0.0781 e. The van der Waals surface area contributed by atoms with Crippen molar-refractivity contribution in [2.75, 3.05) is 6.61 Å². The molecule has 1 atom stereocenters. The van der Waals surface area contributed by atoms with Crippen LogP contribution in [0.1, 0.15) is 8.35 Å². The monoisotopic (exact) mass is 60.1 g/mol. The Morgan fingerprint density at radius 3 is 2.50 bits per heavy atom. The molecule has 1 nitrogen and oxygen atoms in total. The molecule has 0 spiro atoms. The highest BCUT2D eigenvalue weighted by Gasteiger charge is 2.13. The van der Waals surface area contributed by atoms with Crippen molar-refractivity contribution in [3.63, 3.8) is 0 Å². The molecule has 0 aromatic heterocycles. The quantitative estimate of drug-likeness (QED) is 0.371. The lowest BCUT2D eigenvalue weighted by Gasteiger charge is -1.50. The van der Waals surface area contributed by atoms with E-state index < -0.39 is 0 Å². The summed E-state index contributed by atoms with van der Waals surface area (Å²) in [4.78, 5) is 0. The Morgan fingerprint density at radius 1 is 2.25 bits per heavy atom. The van der Waals surface area contributed by atoms with E-state index >= 15 is 0 Å². The van der Waals surface area contributed by atoms with E-state index in [2.05, 4.69) is 6.92 Å². The van der Waals surface area contributed by atoms with Crippen molar-refractivity contribution in [2.24, 2.45) is 0 Å². The summed E-state index contributed by atoms with van der Waals surface area (Å²) < 4.78 is 4.71. The van der Waals surface area contributed by atoms with E-state index in [1.54, 1.807) is 0 Å². The van der Waals surface area contributed by atoms with Gasteiger partial charge in [0, 0.05) is 0 Å². The summed E-state index contributed by atoms with van der Waals surface area (Å²) in [5.41, 5.74) is 0. The van der Waals surface area contributed by atoms with Gasteiger partial charge in [-0.15, -0.1) is 0 Å². The lowest BCUT2D eigenvalue weighted by Crippen LogP contribution is -1.60. The van der Waals surface area contributed by atoms with E-state index in [-0.39, 0.29) is 1.43 Å². The van der Waals surface area contributed by atoms with Gasteiger partial charge in [0.05, 0.1) is 12.7 Å². The maximum atomic E-state index is 4.71. The Balaban J connectivity index is 0.000000160. The molecular weight excluding hydrogens is 52.0 g/mol. The highest BCUT2D eigenvalue weighted by Crippen LogP contribution is 2.04. The Bertz CT molecular complexity index is 26.1. The molecule has 0 aromatic rings. The molecule has 26 valence electrons. The SMILES string of the molecule is CC1CO1.[2H-]. The van der Waals surface area contributed by atoms with Gasteiger partial charge in [0.15, 0.2) is 0 Å². The maximum Gasteiger partial charge on any atom is 0.0781 e. The van der Waals surface area contributed by atoms with Gasteiger partial charge in [-0.3, -0.25) is 0 Å². The minimum Gasteiger partial charge on any atom is -1.00 e. The fourth-order valence-corrected chi connectivity index (χ4v) is 0.0962. The molecule has 4 heavy (non-hydrogen) atoms. The van der Waals surface area contributed by atoms with Crippen LogP contribution in [0.15, 0.2) is 0 Å². The largest absolute Gasteiger partial charge is 1.00 e. The zero-order chi connectivity index (χ0) is 2.99. The molecule has 1 heteroatoms. The second-order valence-electron chi connectivity index (χ2n) is 1.14. The molecule has 1 saturated heterocycles. The first-order valence-corrected chi connectivity index (χ1v) is 1.51. The van der Waals surface area contributed by atoms with Crippen LogP contribution in [0, 0.1) is 0 Å². The van der Waals surface area contributed by atoms with E-state index in [4.69, 9.17) is 4.74 Å². The molecule has 0 aromatic carbocycles. The zero-order valence-electron chi connectivity index (χ0n) is 3.69. The van der Waals surface area contributed by atoms with Gasteiger partial charge < -0.3 is 6.16 Å². The molecule has 0 bridgehead atoms. The van der Waals surface area contributed by atoms with Crippen LogP contribution in [0.4, 0.5) is 0 Å². The summed E-state index contributed by atoms with van der Waals surface area (Å²) in [6, 6.07) is 0. The summed E-state index contributed by atoms with van der Waals surface area (Å²) in [6.07, 6.45) is 0.583. The first-order valence-electron chi connectivity index (χ1n) is 1.51. The van der Waals surface area contributed by atoms with Crippen LogP contribution in [0.2, 0.25) is 0 Å². The van der Waals surface area contributed by atoms with Gasteiger partial charge in [-0.2, -0.15) is 0 Å². The second kappa shape index (κ2) is 0.462. The van der Waals surface area contributed by atoms with Gasteiger partial charge in [-0.25, -0.2) is 0 Å². The molecule has 1 rings (SSSR count). The van der Waals surface area contributed by atoms with Crippen LogP contribution in [0.25, 0.3) is 0 Å². The van der Waals surface area contributed by atoms with Crippen molar-refractivity contribution >= 4 is 0 Å². The summed E-state index contributed by atoms with van der Waals surface area (Å²) >= 11 is 0. The van der Waals surface area contributed by atoms with Crippen molar-refractivity contribution in [3.8, 4) is 0 Å². The van der Waals surface area contributed by atoms with Gasteiger partial charge in [0.1, 0.15) is 0 Å². The molecular formula is C3H7O-. The topological polar surface area (TPSA) is 12.5 Å². The highest BCUT2D eigenvalue weighted by atomic mass is 16.6. The third-order valence-electron chi connectivity index (χ3n) is 0.500. The summed E-state index contributed by atoms with van der Waals surface area (Å²) in [6.45, 7) is 3.04. The molecule has 0 N–H and O–H groups in total. The Labute approximate surface area is 27.1 Å². The number of rotatable bonds is 0. The van der Waals surface area contributed by atoms with Gasteiger partial charge in [0.2, 0.25) is 0 Å². The fraction of sp³-hybridized carbons (Fsp3) is 1.00. The van der Waals surface area contributed by atoms with Crippen LogP contribution < -0.4 is 0 Å². The minimum absolute atomic E-state index is 0. The first-order chi connectivity index (χ1) is 1.89. The van der Waals surface area contributed by atoms with Crippen molar-refractivity contribution < 1.29 is 6.16 Å². The van der Waals surface area contributed by atoms with Crippen LogP contribution in [-0.4, -0.2) is 12.7 Å². The van der Waals surface area contributed by atoms with Crippen molar-refractivity contribution in [3.05, 3.63) is 0 Å². The number of ether oxygens (including phenoxy) is 1. The van der Waals surface area contributed by atoms with Gasteiger partial charge in [-0.1, -0.05) is 0 Å². The third-order valence-corrected chi connectivity index (χ3v) is 0.500. The summed E-state index contributed by atoms with van der Waals surface area (Å²) in [5, 5.41) is 0. The molecule has 1 aliphatic heterocycles. The van der Waals surface area contributed by atoms with E-state index in [1.807, 2.05) is 0 Å². The van der Waals surface area contributed by atoms with E-state index in [1.165, 1.54) is 0 Å². The Morgan fingerprint density at radius 2 is 2.50 bits per heavy atom. The zero-order valence-corrected chi connectivity index (χ0v) is 2.69. The molecule has 0 radical (unpaired) electrons. The molecule has 1 unspecified atom stereocenters.